The van der Waals surface area contributed by atoms with Gasteiger partial charge in [-0.15, -0.1) is 0 Å². The fraction of sp³-hybridized carbons (Fsp3) is 0.455. The van der Waals surface area contributed by atoms with Gasteiger partial charge >= 0.3 is 82.8 Å². The van der Waals surface area contributed by atoms with Gasteiger partial charge in [-0.25, -0.2) is 0 Å². The average molecular weight is 268 g/mol. The van der Waals surface area contributed by atoms with Gasteiger partial charge in [0.1, 0.15) is 0 Å². The van der Waals surface area contributed by atoms with E-state index in [1.165, 1.54) is 4.44 Å². The molecule has 0 saturated carbocycles. The number of benzene rings is 1. The summed E-state index contributed by atoms with van der Waals surface area (Å²) in [7, 11) is 0. The van der Waals surface area contributed by atoms with E-state index in [4.69, 9.17) is 0 Å². The standard InChI is InChI=1S/C6H5.C3H7.C2H5.Sn/c1-2-4-6-5-3-1;1-3-2;1-2;/h1-5H;3H,1-2H3;1H2,2H3;. The van der Waals surface area contributed by atoms with Gasteiger partial charge in [0.05, 0.1) is 0 Å². The molecular weight excluding hydrogens is 251 g/mol. The van der Waals surface area contributed by atoms with Crippen LogP contribution in [0.4, 0.5) is 0 Å². The predicted molar refractivity (Wildman–Crippen MR) is 57.4 cm³/mol. The summed E-state index contributed by atoms with van der Waals surface area (Å²) >= 11 is -1.22. The van der Waals surface area contributed by atoms with Gasteiger partial charge in [0.25, 0.3) is 0 Å². The molecule has 0 unspecified atom stereocenters. The molecule has 0 heterocycles. The first-order chi connectivity index (χ1) is 5.75. The van der Waals surface area contributed by atoms with Gasteiger partial charge in [0.2, 0.25) is 0 Å². The first-order valence-corrected chi connectivity index (χ1v) is 9.76. The fourth-order valence-electron chi connectivity index (χ4n) is 1.60. The van der Waals surface area contributed by atoms with Crippen LogP contribution in [0.25, 0.3) is 0 Å². The molecule has 0 spiro atoms. The molecule has 1 heteroatoms. The van der Waals surface area contributed by atoms with Gasteiger partial charge in [0.15, 0.2) is 0 Å². The molecular formula is C11H17Sn. The van der Waals surface area contributed by atoms with Crippen LogP contribution in [-0.4, -0.2) is 19.8 Å². The summed E-state index contributed by atoms with van der Waals surface area (Å²) in [6.45, 7) is 7.11. The average Bonchev–Trinajstić information content (AvgIpc) is 2.07. The van der Waals surface area contributed by atoms with Crippen molar-refractivity contribution in [2.24, 2.45) is 0 Å². The van der Waals surface area contributed by atoms with Crippen LogP contribution in [-0.2, 0) is 0 Å². The zero-order valence-corrected chi connectivity index (χ0v) is 11.0. The summed E-state index contributed by atoms with van der Waals surface area (Å²) in [5.74, 6) is 0. The molecule has 0 fully saturated rings. The van der Waals surface area contributed by atoms with Gasteiger partial charge in [-0.05, 0) is 0 Å². The molecule has 12 heavy (non-hydrogen) atoms. The van der Waals surface area contributed by atoms with Crippen molar-refractivity contribution in [3.8, 4) is 0 Å². The van der Waals surface area contributed by atoms with Gasteiger partial charge in [-0.3, -0.25) is 0 Å². The Labute approximate surface area is 82.7 Å². The van der Waals surface area contributed by atoms with Crippen molar-refractivity contribution in [1.82, 2.24) is 0 Å². The van der Waals surface area contributed by atoms with Crippen molar-refractivity contribution in [2.45, 2.75) is 29.1 Å². The molecule has 0 aliphatic heterocycles. The number of rotatable bonds is 3. The Kier molecular flexibility index (Phi) is 4.13. The summed E-state index contributed by atoms with van der Waals surface area (Å²) in [5, 5.41) is 0. The van der Waals surface area contributed by atoms with E-state index >= 15 is 0 Å². The van der Waals surface area contributed by atoms with Crippen molar-refractivity contribution in [3.05, 3.63) is 30.3 Å². The first-order valence-electron chi connectivity index (χ1n) is 4.66. The molecule has 0 bridgehead atoms. The predicted octanol–water partition coefficient (Wildman–Crippen LogP) is 2.82. The van der Waals surface area contributed by atoms with E-state index in [0.717, 1.165) is 3.93 Å². The SMILES string of the molecule is C[CH2][Sn]([c]1ccccc1)[CH](C)C. The second kappa shape index (κ2) is 4.90. The third-order valence-corrected chi connectivity index (χ3v) is 11.4. The number of hydrogen-bond donors (Lipinski definition) is 0. The normalized spacial score (nSPS) is 11.1. The Bertz CT molecular complexity index is 216. The Morgan fingerprint density at radius 3 is 2.17 bits per heavy atom. The Hall–Kier alpha value is 0.0187. The van der Waals surface area contributed by atoms with E-state index in [1.54, 1.807) is 3.58 Å². The van der Waals surface area contributed by atoms with Crippen LogP contribution in [0.15, 0.2) is 30.3 Å². The molecule has 1 radical (unpaired) electrons. The topological polar surface area (TPSA) is 0 Å². The molecule has 0 amide bonds. The fourth-order valence-corrected chi connectivity index (χ4v) is 8.77. The Balaban J connectivity index is 2.80. The maximum absolute atomic E-state index is 2.38. The van der Waals surface area contributed by atoms with E-state index in [1.807, 2.05) is 0 Å². The van der Waals surface area contributed by atoms with Crippen LogP contribution in [0.1, 0.15) is 20.8 Å². The molecule has 1 aromatic carbocycles. The second-order valence-corrected chi connectivity index (χ2v) is 13.4. The van der Waals surface area contributed by atoms with Crippen LogP contribution in [0.5, 0.6) is 0 Å². The van der Waals surface area contributed by atoms with Gasteiger partial charge < -0.3 is 0 Å². The van der Waals surface area contributed by atoms with Gasteiger partial charge in [0, 0.05) is 0 Å². The summed E-state index contributed by atoms with van der Waals surface area (Å²) in [4.78, 5) is 0. The molecule has 0 saturated heterocycles. The van der Waals surface area contributed by atoms with Crippen LogP contribution in [0, 0.1) is 0 Å². The van der Waals surface area contributed by atoms with E-state index in [9.17, 15) is 0 Å². The molecule has 0 atom stereocenters. The van der Waals surface area contributed by atoms with Gasteiger partial charge in [-0.2, -0.15) is 0 Å². The third kappa shape index (κ3) is 2.51. The molecule has 0 aliphatic rings. The van der Waals surface area contributed by atoms with E-state index in [2.05, 4.69) is 51.1 Å². The Morgan fingerprint density at radius 1 is 1.17 bits per heavy atom. The van der Waals surface area contributed by atoms with E-state index in [-0.39, 0.29) is 0 Å². The van der Waals surface area contributed by atoms with Crippen molar-refractivity contribution >= 4 is 23.3 Å². The quantitative estimate of drug-likeness (QED) is 0.739. The molecule has 0 aliphatic carbocycles. The minimum atomic E-state index is -1.22. The first kappa shape index (κ1) is 10.1. The zero-order chi connectivity index (χ0) is 8.97. The van der Waals surface area contributed by atoms with E-state index in [0.29, 0.717) is 0 Å². The number of hydrogen-bond acceptors (Lipinski definition) is 0. The van der Waals surface area contributed by atoms with E-state index < -0.39 is 19.8 Å². The maximum atomic E-state index is 2.38. The summed E-state index contributed by atoms with van der Waals surface area (Å²) < 4.78 is 4.06. The molecule has 0 aromatic heterocycles. The van der Waals surface area contributed by atoms with Crippen molar-refractivity contribution in [2.75, 3.05) is 0 Å². The van der Waals surface area contributed by atoms with Crippen molar-refractivity contribution < 1.29 is 0 Å². The summed E-state index contributed by atoms with van der Waals surface area (Å²) in [5.41, 5.74) is 0. The molecule has 65 valence electrons. The van der Waals surface area contributed by atoms with Crippen molar-refractivity contribution in [3.63, 3.8) is 0 Å². The molecule has 0 nitrogen and oxygen atoms in total. The molecule has 0 N–H and O–H groups in total. The monoisotopic (exact) mass is 269 g/mol. The minimum absolute atomic E-state index is 0.944. The van der Waals surface area contributed by atoms with Crippen LogP contribution < -0.4 is 3.58 Å². The van der Waals surface area contributed by atoms with Gasteiger partial charge in [-0.1, -0.05) is 0 Å². The van der Waals surface area contributed by atoms with Crippen LogP contribution >= 0.6 is 0 Å². The van der Waals surface area contributed by atoms with Crippen molar-refractivity contribution in [1.29, 1.82) is 0 Å². The zero-order valence-electron chi connectivity index (χ0n) is 8.17. The summed E-state index contributed by atoms with van der Waals surface area (Å²) in [6, 6.07) is 11.1. The Morgan fingerprint density at radius 2 is 1.75 bits per heavy atom. The van der Waals surface area contributed by atoms with Crippen LogP contribution in [0.3, 0.4) is 0 Å². The molecule has 1 aromatic rings. The molecule has 1 rings (SSSR count). The van der Waals surface area contributed by atoms with Crippen LogP contribution in [0.2, 0.25) is 8.37 Å². The summed E-state index contributed by atoms with van der Waals surface area (Å²) in [6.07, 6.45) is 0. The second-order valence-electron chi connectivity index (χ2n) is 3.40. The third-order valence-electron chi connectivity index (χ3n) is 2.22.